The lowest BCUT2D eigenvalue weighted by Crippen LogP contribution is -2.50. The quantitative estimate of drug-likeness (QED) is 0.539. The fourth-order valence-electron chi connectivity index (χ4n) is 3.97. The summed E-state index contributed by atoms with van der Waals surface area (Å²) in [5.74, 6) is -0.553. The zero-order valence-electron chi connectivity index (χ0n) is 20.5. The molecule has 2 heterocycles. The molecule has 10 heteroatoms. The molecule has 0 radical (unpaired) electrons. The monoisotopic (exact) mass is 500 g/mol. The van der Waals surface area contributed by atoms with Gasteiger partial charge in [-0.25, -0.2) is 14.2 Å². The first-order valence-electron chi connectivity index (χ1n) is 11.3. The zero-order chi connectivity index (χ0) is 25.3. The maximum atomic E-state index is 15.1. The molecule has 0 saturated carbocycles. The molecule has 1 aromatic heterocycles. The van der Waals surface area contributed by atoms with E-state index in [9.17, 15) is 9.59 Å². The highest BCUT2D eigenvalue weighted by Gasteiger charge is 2.27. The number of halogens is 1. The number of fused-ring (bicyclic) bond motifs is 1. The smallest absolute Gasteiger partial charge is 0.410 e. The number of carbonyl (C=O) groups is 2. The Balaban J connectivity index is 1.45. The van der Waals surface area contributed by atoms with Crippen LogP contribution in [0.3, 0.4) is 0 Å². The van der Waals surface area contributed by atoms with E-state index in [0.717, 1.165) is 4.70 Å². The highest BCUT2D eigenvalue weighted by atomic mass is 32.1. The van der Waals surface area contributed by atoms with E-state index in [1.807, 2.05) is 37.8 Å². The lowest BCUT2D eigenvalue weighted by Gasteiger charge is -2.37. The first kappa shape index (κ1) is 24.7. The van der Waals surface area contributed by atoms with E-state index in [0.29, 0.717) is 53.8 Å². The maximum absolute atomic E-state index is 15.1. The molecular weight excluding hydrogens is 471 g/mol. The molecule has 2 amide bonds. The molecule has 1 N–H and O–H groups in total. The SMILES string of the molecule is COc1cccc2sc(NC(=O)c3c(C)cc(N4CCN(C(=O)OC(C)(C)C)CC4)cc3F)nc12. The number of para-hydroxylation sites is 1. The Hall–Kier alpha value is -3.40. The van der Waals surface area contributed by atoms with Crippen LogP contribution in [0.5, 0.6) is 5.75 Å². The van der Waals surface area contributed by atoms with Crippen LogP contribution >= 0.6 is 11.3 Å². The van der Waals surface area contributed by atoms with Crippen LogP contribution in [-0.2, 0) is 4.74 Å². The van der Waals surface area contributed by atoms with Crippen molar-refractivity contribution in [2.45, 2.75) is 33.3 Å². The van der Waals surface area contributed by atoms with Gasteiger partial charge in [0.2, 0.25) is 0 Å². The number of benzene rings is 2. The number of anilines is 2. The van der Waals surface area contributed by atoms with Crippen molar-refractivity contribution in [3.8, 4) is 5.75 Å². The summed E-state index contributed by atoms with van der Waals surface area (Å²) >= 11 is 1.30. The van der Waals surface area contributed by atoms with Crippen molar-refractivity contribution < 1.29 is 23.5 Å². The number of aryl methyl sites for hydroxylation is 1. The number of thiazole rings is 1. The van der Waals surface area contributed by atoms with E-state index in [2.05, 4.69) is 10.3 Å². The third kappa shape index (κ3) is 5.48. The van der Waals surface area contributed by atoms with Crippen LogP contribution in [0, 0.1) is 12.7 Å². The van der Waals surface area contributed by atoms with Gasteiger partial charge >= 0.3 is 6.09 Å². The highest BCUT2D eigenvalue weighted by molar-refractivity contribution is 7.22. The van der Waals surface area contributed by atoms with E-state index in [4.69, 9.17) is 9.47 Å². The lowest BCUT2D eigenvalue weighted by atomic mass is 10.1. The molecule has 0 atom stereocenters. The molecule has 35 heavy (non-hydrogen) atoms. The topological polar surface area (TPSA) is 84.0 Å². The van der Waals surface area contributed by atoms with E-state index < -0.39 is 17.3 Å². The molecule has 8 nitrogen and oxygen atoms in total. The highest BCUT2D eigenvalue weighted by Crippen LogP contribution is 2.33. The average Bonchev–Trinajstić information content (AvgIpc) is 3.20. The summed E-state index contributed by atoms with van der Waals surface area (Å²) in [5.41, 5.74) is 1.26. The Morgan fingerprint density at radius 3 is 2.49 bits per heavy atom. The Kier molecular flexibility index (Phi) is 6.84. The van der Waals surface area contributed by atoms with Gasteiger partial charge in [0.15, 0.2) is 5.13 Å². The predicted molar refractivity (Wildman–Crippen MR) is 135 cm³/mol. The van der Waals surface area contributed by atoms with Crippen LogP contribution in [0.15, 0.2) is 30.3 Å². The van der Waals surface area contributed by atoms with Crippen LogP contribution < -0.4 is 15.0 Å². The van der Waals surface area contributed by atoms with Gasteiger partial charge in [0.1, 0.15) is 22.7 Å². The van der Waals surface area contributed by atoms with Crippen molar-refractivity contribution in [3.63, 3.8) is 0 Å². The number of nitrogens with zero attached hydrogens (tertiary/aromatic N) is 3. The van der Waals surface area contributed by atoms with Crippen molar-refractivity contribution in [2.75, 3.05) is 43.5 Å². The number of piperazine rings is 1. The fourth-order valence-corrected chi connectivity index (χ4v) is 4.85. The molecule has 1 aliphatic rings. The van der Waals surface area contributed by atoms with Crippen molar-refractivity contribution in [1.82, 2.24) is 9.88 Å². The van der Waals surface area contributed by atoms with E-state index in [1.54, 1.807) is 31.1 Å². The summed E-state index contributed by atoms with van der Waals surface area (Å²) in [6, 6.07) is 8.69. The maximum Gasteiger partial charge on any atom is 0.410 e. The standard InChI is InChI=1S/C25H29FN4O4S/c1-15-13-16(29-9-11-30(12-10-29)24(32)34-25(2,3)4)14-17(26)20(15)22(31)28-23-27-21-18(33-5)7-6-8-19(21)35-23/h6-8,13-14H,9-12H2,1-5H3,(H,27,28,31). The summed E-state index contributed by atoms with van der Waals surface area (Å²) in [6.45, 7) is 9.22. The number of amides is 2. The normalized spacial score (nSPS) is 14.2. The Labute approximate surface area is 207 Å². The van der Waals surface area contributed by atoms with Gasteiger partial charge in [-0.2, -0.15) is 0 Å². The second-order valence-corrected chi connectivity index (χ2v) is 10.4. The van der Waals surface area contributed by atoms with Crippen molar-refractivity contribution >= 4 is 44.4 Å². The molecule has 1 saturated heterocycles. The Bertz CT molecular complexity index is 1240. The van der Waals surface area contributed by atoms with Gasteiger partial charge in [-0.3, -0.25) is 10.1 Å². The van der Waals surface area contributed by atoms with Gasteiger partial charge in [-0.1, -0.05) is 17.4 Å². The van der Waals surface area contributed by atoms with Crippen LogP contribution in [-0.4, -0.2) is 60.8 Å². The second-order valence-electron chi connectivity index (χ2n) is 9.35. The van der Waals surface area contributed by atoms with Gasteiger partial charge < -0.3 is 19.3 Å². The molecule has 1 fully saturated rings. The minimum absolute atomic E-state index is 0.0210. The van der Waals surface area contributed by atoms with Gasteiger partial charge in [0, 0.05) is 31.9 Å². The summed E-state index contributed by atoms with van der Waals surface area (Å²) in [4.78, 5) is 33.3. The molecule has 0 unspecified atom stereocenters. The molecular formula is C25H29FN4O4S. The molecule has 0 aliphatic carbocycles. The number of rotatable bonds is 4. The van der Waals surface area contributed by atoms with Gasteiger partial charge in [0.25, 0.3) is 5.91 Å². The first-order chi connectivity index (χ1) is 16.6. The number of hydrogen-bond acceptors (Lipinski definition) is 7. The van der Waals surface area contributed by atoms with Crippen LogP contribution in [0.25, 0.3) is 10.2 Å². The average molecular weight is 501 g/mol. The number of aromatic nitrogens is 1. The summed E-state index contributed by atoms with van der Waals surface area (Å²) in [5, 5.41) is 3.09. The third-order valence-electron chi connectivity index (χ3n) is 5.62. The molecule has 1 aliphatic heterocycles. The van der Waals surface area contributed by atoms with Crippen LogP contribution in [0.1, 0.15) is 36.7 Å². The molecule has 186 valence electrons. The first-order valence-corrected chi connectivity index (χ1v) is 12.2. The molecule has 0 spiro atoms. The van der Waals surface area contributed by atoms with E-state index >= 15 is 4.39 Å². The van der Waals surface area contributed by atoms with Crippen molar-refractivity contribution in [1.29, 1.82) is 0 Å². The van der Waals surface area contributed by atoms with E-state index in [1.165, 1.54) is 17.4 Å². The van der Waals surface area contributed by atoms with Crippen molar-refractivity contribution in [2.24, 2.45) is 0 Å². The summed E-state index contributed by atoms with van der Waals surface area (Å²) in [7, 11) is 1.56. The number of ether oxygens (including phenoxy) is 2. The fraction of sp³-hybridized carbons (Fsp3) is 0.400. The predicted octanol–water partition coefficient (Wildman–Crippen LogP) is 5.06. The largest absolute Gasteiger partial charge is 0.494 e. The number of nitrogens with one attached hydrogen (secondary N) is 1. The molecule has 2 aromatic carbocycles. The minimum atomic E-state index is -0.606. The lowest BCUT2D eigenvalue weighted by molar-refractivity contribution is 0.0240. The molecule has 4 rings (SSSR count). The van der Waals surface area contributed by atoms with Crippen LogP contribution in [0.4, 0.5) is 20.0 Å². The second kappa shape index (κ2) is 9.69. The van der Waals surface area contributed by atoms with Crippen LogP contribution in [0.2, 0.25) is 0 Å². The summed E-state index contributed by atoms with van der Waals surface area (Å²) < 4.78 is 26.7. The molecule has 0 bridgehead atoms. The minimum Gasteiger partial charge on any atom is -0.494 e. The number of carbonyl (C=O) groups excluding carboxylic acids is 2. The zero-order valence-corrected chi connectivity index (χ0v) is 21.3. The van der Waals surface area contributed by atoms with Gasteiger partial charge in [-0.15, -0.1) is 0 Å². The van der Waals surface area contributed by atoms with Gasteiger partial charge in [0.05, 0.1) is 17.4 Å². The molecule has 3 aromatic rings. The van der Waals surface area contributed by atoms with Crippen molar-refractivity contribution in [3.05, 3.63) is 47.3 Å². The Morgan fingerprint density at radius 2 is 1.86 bits per heavy atom. The van der Waals surface area contributed by atoms with E-state index in [-0.39, 0.29) is 11.7 Å². The number of hydrogen-bond donors (Lipinski definition) is 1. The number of methoxy groups -OCH3 is 1. The third-order valence-corrected chi connectivity index (χ3v) is 6.55. The van der Waals surface area contributed by atoms with Gasteiger partial charge in [-0.05, 0) is 57.5 Å². The Morgan fingerprint density at radius 1 is 1.14 bits per heavy atom. The summed E-state index contributed by atoms with van der Waals surface area (Å²) in [6.07, 6.45) is -0.348.